The zero-order valence-electron chi connectivity index (χ0n) is 6.68. The minimum atomic E-state index is 0.297. The molecule has 0 aliphatic heterocycles. The summed E-state index contributed by atoms with van der Waals surface area (Å²) in [6.45, 7) is 0.616. The van der Waals surface area contributed by atoms with Crippen LogP contribution in [0.3, 0.4) is 0 Å². The quantitative estimate of drug-likeness (QED) is 0.817. The van der Waals surface area contributed by atoms with E-state index < -0.39 is 0 Å². The van der Waals surface area contributed by atoms with Crippen molar-refractivity contribution in [3.8, 4) is 0 Å². The SMILES string of the molecule is NC(=S)NCc1ccc(Cl)c(Br)c1. The molecule has 0 radical (unpaired) electrons. The molecule has 1 aromatic rings. The first-order chi connectivity index (χ1) is 6.09. The van der Waals surface area contributed by atoms with Crippen LogP contribution in [-0.2, 0) is 6.54 Å². The Morgan fingerprint density at radius 2 is 2.31 bits per heavy atom. The Morgan fingerprint density at radius 3 is 2.85 bits per heavy atom. The van der Waals surface area contributed by atoms with Crippen LogP contribution in [0.5, 0.6) is 0 Å². The summed E-state index contributed by atoms with van der Waals surface area (Å²) in [4.78, 5) is 0. The molecule has 0 unspecified atom stereocenters. The average Bonchev–Trinajstić information content (AvgIpc) is 2.07. The molecule has 0 saturated heterocycles. The van der Waals surface area contributed by atoms with E-state index in [0.29, 0.717) is 16.7 Å². The van der Waals surface area contributed by atoms with E-state index in [4.69, 9.17) is 17.3 Å². The minimum absolute atomic E-state index is 0.297. The van der Waals surface area contributed by atoms with Crippen molar-refractivity contribution in [2.24, 2.45) is 5.73 Å². The van der Waals surface area contributed by atoms with E-state index in [2.05, 4.69) is 33.5 Å². The molecule has 2 nitrogen and oxygen atoms in total. The van der Waals surface area contributed by atoms with E-state index in [-0.39, 0.29) is 0 Å². The van der Waals surface area contributed by atoms with E-state index in [1.165, 1.54) is 0 Å². The maximum atomic E-state index is 5.83. The number of hydrogen-bond acceptors (Lipinski definition) is 1. The van der Waals surface area contributed by atoms with Gasteiger partial charge in [0.05, 0.1) is 5.02 Å². The van der Waals surface area contributed by atoms with Crippen LogP contribution in [0.2, 0.25) is 5.02 Å². The van der Waals surface area contributed by atoms with Gasteiger partial charge in [-0.3, -0.25) is 0 Å². The monoisotopic (exact) mass is 278 g/mol. The zero-order chi connectivity index (χ0) is 9.84. The highest BCUT2D eigenvalue weighted by Crippen LogP contribution is 2.22. The maximum absolute atomic E-state index is 5.83. The van der Waals surface area contributed by atoms with Gasteiger partial charge >= 0.3 is 0 Å². The second-order valence-corrected chi connectivity index (χ2v) is 4.17. The standard InChI is InChI=1S/C8H8BrClN2S/c9-6-3-5(1-2-7(6)10)4-12-8(11)13/h1-3H,4H2,(H3,11,12,13). The maximum Gasteiger partial charge on any atom is 0.163 e. The van der Waals surface area contributed by atoms with Gasteiger partial charge in [0.25, 0.3) is 0 Å². The molecule has 13 heavy (non-hydrogen) atoms. The molecule has 0 spiro atoms. The Hall–Kier alpha value is -0.320. The highest BCUT2D eigenvalue weighted by molar-refractivity contribution is 9.10. The fourth-order valence-electron chi connectivity index (χ4n) is 0.839. The molecular weight excluding hydrogens is 272 g/mol. The summed E-state index contributed by atoms with van der Waals surface area (Å²) in [5, 5.41) is 3.84. The van der Waals surface area contributed by atoms with Crippen molar-refractivity contribution in [1.29, 1.82) is 0 Å². The van der Waals surface area contributed by atoms with Crippen LogP contribution < -0.4 is 11.1 Å². The topological polar surface area (TPSA) is 38.0 Å². The highest BCUT2D eigenvalue weighted by atomic mass is 79.9. The fourth-order valence-corrected chi connectivity index (χ4v) is 1.45. The van der Waals surface area contributed by atoms with Gasteiger partial charge in [0.1, 0.15) is 0 Å². The molecule has 0 heterocycles. The lowest BCUT2D eigenvalue weighted by Gasteiger charge is -2.04. The second kappa shape index (κ2) is 4.79. The van der Waals surface area contributed by atoms with Crippen LogP contribution >= 0.6 is 39.7 Å². The van der Waals surface area contributed by atoms with Gasteiger partial charge in [-0.15, -0.1) is 0 Å². The van der Waals surface area contributed by atoms with Gasteiger partial charge in [-0.2, -0.15) is 0 Å². The zero-order valence-corrected chi connectivity index (χ0v) is 9.84. The number of rotatable bonds is 2. The molecule has 1 aromatic carbocycles. The summed E-state index contributed by atoms with van der Waals surface area (Å²) in [6.07, 6.45) is 0. The highest BCUT2D eigenvalue weighted by Gasteiger charge is 1.98. The number of nitrogens with two attached hydrogens (primary N) is 1. The molecule has 5 heteroatoms. The summed E-state index contributed by atoms with van der Waals surface area (Å²) in [7, 11) is 0. The van der Waals surface area contributed by atoms with Gasteiger partial charge in [-0.25, -0.2) is 0 Å². The molecule has 0 bridgehead atoms. The molecule has 0 atom stereocenters. The van der Waals surface area contributed by atoms with E-state index >= 15 is 0 Å². The van der Waals surface area contributed by atoms with Crippen LogP contribution in [0.1, 0.15) is 5.56 Å². The number of benzene rings is 1. The van der Waals surface area contributed by atoms with Crippen molar-refractivity contribution in [2.75, 3.05) is 0 Å². The lowest BCUT2D eigenvalue weighted by Crippen LogP contribution is -2.28. The number of halogens is 2. The normalized spacial score (nSPS) is 9.69. The molecule has 0 aromatic heterocycles. The van der Waals surface area contributed by atoms with E-state index in [1.54, 1.807) is 0 Å². The molecule has 3 N–H and O–H groups in total. The summed E-state index contributed by atoms with van der Waals surface area (Å²) < 4.78 is 0.872. The number of thiocarbonyl (C=S) groups is 1. The molecular formula is C8H8BrClN2S. The van der Waals surface area contributed by atoms with Gasteiger partial charge < -0.3 is 11.1 Å². The first-order valence-electron chi connectivity index (χ1n) is 3.57. The van der Waals surface area contributed by atoms with Crippen LogP contribution in [-0.4, -0.2) is 5.11 Å². The Labute approximate surface area is 95.6 Å². The third-order valence-corrected chi connectivity index (χ3v) is 2.81. The van der Waals surface area contributed by atoms with Gasteiger partial charge in [0, 0.05) is 11.0 Å². The third-order valence-electron chi connectivity index (χ3n) is 1.45. The first kappa shape index (κ1) is 10.8. The van der Waals surface area contributed by atoms with Crippen molar-refractivity contribution in [3.05, 3.63) is 33.3 Å². The summed E-state index contributed by atoms with van der Waals surface area (Å²) in [6, 6.07) is 5.66. The second-order valence-electron chi connectivity index (χ2n) is 2.47. The molecule has 1 rings (SSSR count). The summed E-state index contributed by atoms with van der Waals surface area (Å²) in [5.41, 5.74) is 6.36. The van der Waals surface area contributed by atoms with Crippen LogP contribution in [0.25, 0.3) is 0 Å². The van der Waals surface area contributed by atoms with E-state index in [1.807, 2.05) is 18.2 Å². The smallest absolute Gasteiger partial charge is 0.163 e. The van der Waals surface area contributed by atoms with Crippen molar-refractivity contribution in [1.82, 2.24) is 5.32 Å². The third kappa shape index (κ3) is 3.50. The predicted octanol–water partition coefficient (Wildman–Crippen LogP) is 2.44. The van der Waals surface area contributed by atoms with Gasteiger partial charge in [-0.1, -0.05) is 17.7 Å². The van der Waals surface area contributed by atoms with E-state index in [9.17, 15) is 0 Å². The Balaban J connectivity index is 2.68. The Kier molecular flexibility index (Phi) is 3.96. The number of nitrogens with one attached hydrogen (secondary N) is 1. The molecule has 0 aliphatic rings. The van der Waals surface area contributed by atoms with Crippen LogP contribution in [0.15, 0.2) is 22.7 Å². The predicted molar refractivity (Wildman–Crippen MR) is 62.8 cm³/mol. The number of hydrogen-bond donors (Lipinski definition) is 2. The van der Waals surface area contributed by atoms with Crippen molar-refractivity contribution in [3.63, 3.8) is 0 Å². The van der Waals surface area contributed by atoms with Crippen LogP contribution in [0, 0.1) is 0 Å². The summed E-state index contributed by atoms with van der Waals surface area (Å²) >= 11 is 13.8. The molecule has 70 valence electrons. The first-order valence-corrected chi connectivity index (χ1v) is 5.15. The molecule has 0 fully saturated rings. The van der Waals surface area contributed by atoms with Crippen molar-refractivity contribution < 1.29 is 0 Å². The van der Waals surface area contributed by atoms with Gasteiger partial charge in [0.2, 0.25) is 0 Å². The van der Waals surface area contributed by atoms with E-state index in [0.717, 1.165) is 10.0 Å². The van der Waals surface area contributed by atoms with Gasteiger partial charge in [-0.05, 0) is 45.8 Å². The van der Waals surface area contributed by atoms with Crippen LogP contribution in [0.4, 0.5) is 0 Å². The molecule has 0 aliphatic carbocycles. The van der Waals surface area contributed by atoms with Gasteiger partial charge in [0.15, 0.2) is 5.11 Å². The Bertz CT molecular complexity index is 330. The summed E-state index contributed by atoms with van der Waals surface area (Å²) in [5.74, 6) is 0. The fraction of sp³-hybridized carbons (Fsp3) is 0.125. The molecule has 0 saturated carbocycles. The Morgan fingerprint density at radius 1 is 1.62 bits per heavy atom. The lowest BCUT2D eigenvalue weighted by atomic mass is 10.2. The van der Waals surface area contributed by atoms with Crippen molar-refractivity contribution >= 4 is 44.9 Å². The lowest BCUT2D eigenvalue weighted by molar-refractivity contribution is 0.919. The molecule has 0 amide bonds. The van der Waals surface area contributed by atoms with Crippen molar-refractivity contribution in [2.45, 2.75) is 6.54 Å². The average molecular weight is 280 g/mol. The minimum Gasteiger partial charge on any atom is -0.376 e. The largest absolute Gasteiger partial charge is 0.376 e.